The molecule has 8 saturated heterocycles. The second kappa shape index (κ2) is 41.6. The molecule has 11 heterocycles. The molecule has 0 aromatic carbocycles. The lowest BCUT2D eigenvalue weighted by atomic mass is 9.70. The van der Waals surface area contributed by atoms with Gasteiger partial charge in [-0.2, -0.15) is 23.7 Å². The van der Waals surface area contributed by atoms with E-state index < -0.39 is 35.0 Å². The first kappa shape index (κ1) is 99.3. The molecule has 1 atom stereocenters. The molecule has 0 bridgehead atoms. The molecule has 0 radical (unpaired) electrons. The number of nitriles is 2. The lowest BCUT2D eigenvalue weighted by molar-refractivity contribution is -0.189. The van der Waals surface area contributed by atoms with E-state index in [2.05, 4.69) is 32.0 Å². The molecule has 2 N–H and O–H groups in total. The van der Waals surface area contributed by atoms with E-state index in [1.165, 1.54) is 24.2 Å². The normalized spacial score (nSPS) is 21.8. The Bertz CT molecular complexity index is 3870. The zero-order chi connectivity index (χ0) is 88.7. The highest BCUT2D eigenvalue weighted by Crippen LogP contribution is 2.48. The number of nitrogens with zero attached hydrogens (tertiary/aromatic N) is 13. The number of halogens is 6. The first-order valence-corrected chi connectivity index (χ1v) is 45.3. The van der Waals surface area contributed by atoms with Crippen molar-refractivity contribution in [3.63, 3.8) is 0 Å². The summed E-state index contributed by atoms with van der Waals surface area (Å²) in [6, 6.07) is 10.6. The smallest absolute Gasteiger partial charge is 0.364 e. The number of likely N-dealkylation sites (tertiary alicyclic amines) is 8. The van der Waals surface area contributed by atoms with E-state index in [0.29, 0.717) is 99.4 Å². The van der Waals surface area contributed by atoms with Gasteiger partial charge in [-0.05, 0) is 114 Å². The summed E-state index contributed by atoms with van der Waals surface area (Å²) < 4.78 is 79.9. The zero-order valence-electron chi connectivity index (χ0n) is 74.7. The first-order chi connectivity index (χ1) is 55.2. The van der Waals surface area contributed by atoms with Gasteiger partial charge >= 0.3 is 6.18 Å². The molecule has 1 saturated carbocycles. The van der Waals surface area contributed by atoms with Crippen molar-refractivity contribution in [2.75, 3.05) is 105 Å². The van der Waals surface area contributed by atoms with Crippen LogP contribution in [0.25, 0.3) is 0 Å². The molecular weight excluding hydrogens is 1570 g/mol. The maximum absolute atomic E-state index is 14.8. The predicted octanol–water partition coefficient (Wildman–Crippen LogP) is 17.1. The number of hydrogen-bond donors (Lipinski definition) is 1. The zero-order valence-corrected chi connectivity index (χ0v) is 76.4. The number of hydrogen-bond acceptors (Lipinski definition) is 16. The van der Waals surface area contributed by atoms with Crippen LogP contribution in [0.5, 0.6) is 0 Å². The number of primary amides is 1. The van der Waals surface area contributed by atoms with Crippen molar-refractivity contribution in [3.05, 3.63) is 62.3 Å². The Kier molecular flexibility index (Phi) is 34.7. The fourth-order valence-electron chi connectivity index (χ4n) is 17.5. The monoisotopic (exact) mass is 1710 g/mol. The molecule has 0 spiro atoms. The lowest BCUT2D eigenvalue weighted by Crippen LogP contribution is -2.52. The van der Waals surface area contributed by atoms with Crippen molar-refractivity contribution in [1.82, 2.24) is 54.2 Å². The molecule has 666 valence electrons. The average Bonchev–Trinajstić information content (AvgIpc) is 1.73. The molecule has 3 aromatic heterocycles. The highest BCUT2D eigenvalue weighted by Gasteiger charge is 2.47. The van der Waals surface area contributed by atoms with Crippen LogP contribution in [0, 0.1) is 72.4 Å². The molecule has 119 heavy (non-hydrogen) atoms. The summed E-state index contributed by atoms with van der Waals surface area (Å²) in [5.74, 6) is -1.80. The number of amides is 7. The van der Waals surface area contributed by atoms with Gasteiger partial charge in [0, 0.05) is 197 Å². The van der Waals surface area contributed by atoms with Gasteiger partial charge in [0.1, 0.15) is 11.8 Å². The Morgan fingerprint density at radius 2 is 0.815 bits per heavy atom. The number of pyridine rings is 1. The first-order valence-electron chi connectivity index (χ1n) is 43.5. The minimum atomic E-state index is -4.08. The van der Waals surface area contributed by atoms with E-state index >= 15 is 0 Å². The van der Waals surface area contributed by atoms with Gasteiger partial charge in [0.2, 0.25) is 35.4 Å². The van der Waals surface area contributed by atoms with E-state index in [0.717, 1.165) is 146 Å². The SMILES string of the molecule is CC(C)(C)C(=O)N1CCC(C2(C#N)CCCC2)CC1.CC(C)(C)C(=O)N1CCC(F)(c2ccccn2)CC1.CC(C)(C)C(=O)N1CCC(N2CCC(F)(F)CC2)CC1.CC(C)(C)C(=O)N1CCC(N2CCCC(C(F)(F)F)C2)CC1.CC(C)(C)C(=O)N1CCC(c2nc(C#N)cs2)CC1.CC(C)(C)C(=O)N1CCC(c2nc(C(N)=O)cs2)CC1. The molecule has 9 fully saturated rings. The number of thiazole rings is 2. The summed E-state index contributed by atoms with van der Waals surface area (Å²) in [5, 5.41) is 23.9. The molecule has 29 heteroatoms. The van der Waals surface area contributed by atoms with Crippen LogP contribution >= 0.6 is 22.7 Å². The third kappa shape index (κ3) is 28.6. The van der Waals surface area contributed by atoms with Crippen LogP contribution in [0.15, 0.2) is 35.2 Å². The van der Waals surface area contributed by atoms with Crippen molar-refractivity contribution in [3.8, 4) is 12.1 Å². The maximum atomic E-state index is 14.8. The fourth-order valence-corrected chi connectivity index (χ4v) is 19.4. The average molecular weight is 1710 g/mol. The largest absolute Gasteiger partial charge is 0.393 e. The second-order valence-corrected chi connectivity index (χ2v) is 42.4. The van der Waals surface area contributed by atoms with Crippen LogP contribution in [-0.4, -0.2) is 224 Å². The van der Waals surface area contributed by atoms with Gasteiger partial charge in [0.15, 0.2) is 11.4 Å². The van der Waals surface area contributed by atoms with Crippen LogP contribution < -0.4 is 5.73 Å². The molecule has 9 aliphatic rings. The predicted molar refractivity (Wildman–Crippen MR) is 455 cm³/mol. The number of aromatic nitrogens is 3. The Balaban J connectivity index is 0.000000197. The Morgan fingerprint density at radius 1 is 0.445 bits per heavy atom. The third-order valence-electron chi connectivity index (χ3n) is 24.8. The van der Waals surface area contributed by atoms with E-state index in [1.54, 1.807) is 46.0 Å². The quantitative estimate of drug-likeness (QED) is 0.216. The minimum absolute atomic E-state index is 0.0197. The lowest BCUT2D eigenvalue weighted by Gasteiger charge is -2.43. The van der Waals surface area contributed by atoms with Gasteiger partial charge in [-0.3, -0.25) is 48.3 Å². The van der Waals surface area contributed by atoms with Gasteiger partial charge in [0.05, 0.1) is 33.1 Å². The molecule has 7 amide bonds. The molecule has 12 rings (SSSR count). The molecule has 8 aliphatic heterocycles. The second-order valence-electron chi connectivity index (χ2n) is 40.6. The van der Waals surface area contributed by atoms with Crippen LogP contribution in [-0.2, 0) is 34.4 Å². The van der Waals surface area contributed by atoms with Crippen LogP contribution in [0.3, 0.4) is 0 Å². The Morgan fingerprint density at radius 3 is 1.16 bits per heavy atom. The number of rotatable bonds is 7. The number of alkyl halides is 6. The van der Waals surface area contributed by atoms with Gasteiger partial charge < -0.3 is 35.1 Å². The molecule has 1 unspecified atom stereocenters. The summed E-state index contributed by atoms with van der Waals surface area (Å²) in [5.41, 5.74) is 3.05. The Hall–Kier alpha value is -6.82. The van der Waals surface area contributed by atoms with E-state index in [1.807, 2.05) is 159 Å². The van der Waals surface area contributed by atoms with Crippen LogP contribution in [0.4, 0.5) is 26.3 Å². The minimum Gasteiger partial charge on any atom is -0.364 e. The van der Waals surface area contributed by atoms with Gasteiger partial charge in [-0.25, -0.2) is 23.1 Å². The van der Waals surface area contributed by atoms with Crippen LogP contribution in [0.1, 0.15) is 297 Å². The molecular formula is C90H140F6N14O7S2. The maximum Gasteiger partial charge on any atom is 0.393 e. The topological polar surface area (TPSA) is 258 Å². The molecule has 1 aliphatic carbocycles. The highest BCUT2D eigenvalue weighted by atomic mass is 32.1. The number of nitrogens with two attached hydrogens (primary N) is 1. The summed E-state index contributed by atoms with van der Waals surface area (Å²) in [7, 11) is 0. The molecule has 21 nitrogen and oxygen atoms in total. The van der Waals surface area contributed by atoms with Crippen LogP contribution in [0.2, 0.25) is 0 Å². The van der Waals surface area contributed by atoms with Gasteiger partial charge in [0.25, 0.3) is 11.8 Å². The van der Waals surface area contributed by atoms with Crippen molar-refractivity contribution in [1.29, 1.82) is 10.5 Å². The van der Waals surface area contributed by atoms with Gasteiger partial charge in [-0.1, -0.05) is 144 Å². The summed E-state index contributed by atoms with van der Waals surface area (Å²) in [4.78, 5) is 113. The summed E-state index contributed by atoms with van der Waals surface area (Å²) in [6.45, 7) is 45.3. The Labute approximate surface area is 714 Å². The fraction of sp³-hybridized carbons (Fsp3) is 0.778. The van der Waals surface area contributed by atoms with E-state index in [-0.39, 0.29) is 99.8 Å². The summed E-state index contributed by atoms with van der Waals surface area (Å²) >= 11 is 3.04. The number of carbonyl (C=O) groups excluding carboxylic acids is 7. The van der Waals surface area contributed by atoms with Crippen molar-refractivity contribution in [2.45, 2.75) is 295 Å². The number of carbonyl (C=O) groups is 7. The van der Waals surface area contributed by atoms with Crippen molar-refractivity contribution < 1.29 is 59.9 Å². The van der Waals surface area contributed by atoms with Crippen molar-refractivity contribution in [2.24, 2.45) is 55.5 Å². The molecule has 3 aromatic rings. The summed E-state index contributed by atoms with van der Waals surface area (Å²) in [6.07, 6.45) is 12.6. The van der Waals surface area contributed by atoms with Crippen molar-refractivity contribution >= 4 is 64.0 Å². The van der Waals surface area contributed by atoms with Gasteiger partial charge in [-0.15, -0.1) is 22.7 Å². The van der Waals surface area contributed by atoms with E-state index in [4.69, 9.17) is 11.0 Å². The number of piperidine rings is 8. The third-order valence-corrected chi connectivity index (χ3v) is 26.8. The van der Waals surface area contributed by atoms with E-state index in [9.17, 15) is 65.2 Å². The standard InChI is InChI=1S/C16H27F3N2O.C16H26N2O.C15H26F2N2O.C15H21FN2O.C14H21N3O2S.C14H19N3OS/c1-15(2,3)14(22)20-9-6-13(7-10-20)21-8-4-5-12(11-21)16(17,18)19;1-15(2,3)14(19)18-10-6-13(7-11-18)16(12-17)8-4-5-9-16;1-14(2,3)13(20)19-8-4-12(5-9-19)18-10-6-15(16,17)7-11-18;1-14(2,3)13(19)18-10-7-15(16,8-11-18)12-6-4-5-9-17-12;1-14(2,3)13(19)17-6-4-9(5-7-17)12-16-10(8-20-12)11(15)18;1-14(2,3)13(18)17-6-4-10(5-7-17)12-16-11(8-15)9-19-12/h12-13H,4-11H2,1-3H3;13H,4-11H2,1-3H3;12H,4-11H2,1-3H3;4-6,9H,7-8,10-11H2,1-3H3;8-9H,4-7H2,1-3H3,(H2,15,18);9-10H,4-7H2,1-3H3. The highest BCUT2D eigenvalue weighted by molar-refractivity contribution is 7.10.